The van der Waals surface area contributed by atoms with E-state index in [0.29, 0.717) is 22.4 Å². The minimum Gasteiger partial charge on any atom is -0.481 e. The van der Waals surface area contributed by atoms with Gasteiger partial charge in [-0.25, -0.2) is 4.79 Å². The first kappa shape index (κ1) is 19.1. The van der Waals surface area contributed by atoms with Crippen molar-refractivity contribution in [2.75, 3.05) is 5.73 Å². The van der Waals surface area contributed by atoms with Crippen molar-refractivity contribution in [3.63, 3.8) is 0 Å². The van der Waals surface area contributed by atoms with Crippen LogP contribution in [0.25, 0.3) is 11.2 Å². The Hall–Kier alpha value is -4.21. The molecule has 4 N–H and O–H groups in total. The van der Waals surface area contributed by atoms with Crippen LogP contribution < -0.4 is 16.2 Å². The van der Waals surface area contributed by atoms with Gasteiger partial charge in [0.2, 0.25) is 0 Å². The van der Waals surface area contributed by atoms with Gasteiger partial charge in [-0.1, -0.05) is 30.3 Å². The summed E-state index contributed by atoms with van der Waals surface area (Å²) in [5, 5.41) is 8.98. The Balaban J connectivity index is 1.65. The van der Waals surface area contributed by atoms with Crippen LogP contribution in [-0.4, -0.2) is 35.6 Å². The van der Waals surface area contributed by atoms with Crippen LogP contribution >= 0.6 is 0 Å². The molecule has 0 atom stereocenters. The van der Waals surface area contributed by atoms with Crippen molar-refractivity contribution in [1.82, 2.24) is 24.5 Å². The zero-order valence-corrected chi connectivity index (χ0v) is 15.8. The Kier molecular flexibility index (Phi) is 5.12. The molecule has 152 valence electrons. The molecule has 3 heterocycles. The van der Waals surface area contributed by atoms with Crippen LogP contribution in [0.4, 0.5) is 5.82 Å². The number of H-pyrrole nitrogens is 1. The molecule has 0 aliphatic carbocycles. The van der Waals surface area contributed by atoms with Crippen molar-refractivity contribution >= 4 is 23.0 Å². The summed E-state index contributed by atoms with van der Waals surface area (Å²) in [5.74, 6) is -0.835. The van der Waals surface area contributed by atoms with E-state index in [-0.39, 0.29) is 31.4 Å². The van der Waals surface area contributed by atoms with E-state index in [1.807, 2.05) is 6.07 Å². The number of carboxylic acids is 1. The van der Waals surface area contributed by atoms with E-state index >= 15 is 0 Å². The van der Waals surface area contributed by atoms with Crippen molar-refractivity contribution in [2.24, 2.45) is 0 Å². The van der Waals surface area contributed by atoms with Gasteiger partial charge >= 0.3 is 17.7 Å². The Morgan fingerprint density at radius 3 is 2.77 bits per heavy atom. The predicted molar refractivity (Wildman–Crippen MR) is 108 cm³/mol. The number of pyridine rings is 1. The van der Waals surface area contributed by atoms with E-state index < -0.39 is 11.7 Å². The number of nitrogens with two attached hydrogens (primary N) is 1. The Bertz CT molecular complexity index is 1270. The van der Waals surface area contributed by atoms with Gasteiger partial charge in [0.05, 0.1) is 18.7 Å². The van der Waals surface area contributed by atoms with Crippen molar-refractivity contribution in [3.05, 3.63) is 76.0 Å². The van der Waals surface area contributed by atoms with E-state index in [4.69, 9.17) is 15.6 Å². The number of imidazole rings is 1. The Labute approximate surface area is 170 Å². The smallest absolute Gasteiger partial charge is 0.328 e. The molecule has 0 saturated heterocycles. The maximum Gasteiger partial charge on any atom is 0.328 e. The number of hydrogen-bond donors (Lipinski definition) is 3. The minimum atomic E-state index is -0.924. The molecule has 4 aromatic rings. The van der Waals surface area contributed by atoms with Gasteiger partial charge in [-0.2, -0.15) is 9.97 Å². The SMILES string of the molecule is Nc1nc(OCc2ccccn2)nc2c1[nH]c(=O)n2Cc1cccc(CC(=O)O)c1. The third-order valence-electron chi connectivity index (χ3n) is 4.39. The molecule has 0 unspecified atom stereocenters. The first-order chi connectivity index (χ1) is 14.5. The molecule has 0 radical (unpaired) electrons. The van der Waals surface area contributed by atoms with Crippen molar-refractivity contribution in [3.8, 4) is 6.01 Å². The number of anilines is 1. The summed E-state index contributed by atoms with van der Waals surface area (Å²) in [7, 11) is 0. The number of carbonyl (C=O) groups is 1. The molecule has 0 saturated carbocycles. The second-order valence-corrected chi connectivity index (χ2v) is 6.61. The van der Waals surface area contributed by atoms with E-state index in [1.54, 1.807) is 42.6 Å². The molecule has 0 amide bonds. The van der Waals surface area contributed by atoms with Crippen LogP contribution in [0.5, 0.6) is 6.01 Å². The van der Waals surface area contributed by atoms with Crippen LogP contribution in [0.15, 0.2) is 53.5 Å². The fraction of sp³-hybridized carbons (Fsp3) is 0.150. The van der Waals surface area contributed by atoms with E-state index in [9.17, 15) is 9.59 Å². The molecular formula is C20H18N6O4. The third-order valence-corrected chi connectivity index (χ3v) is 4.39. The molecule has 0 fully saturated rings. The van der Waals surface area contributed by atoms with Gasteiger partial charge < -0.3 is 20.6 Å². The van der Waals surface area contributed by atoms with Gasteiger partial charge in [-0.05, 0) is 23.3 Å². The quantitative estimate of drug-likeness (QED) is 0.416. The minimum absolute atomic E-state index is 0.0260. The molecule has 0 bridgehead atoms. The lowest BCUT2D eigenvalue weighted by molar-refractivity contribution is -0.136. The summed E-state index contributed by atoms with van der Waals surface area (Å²) in [6, 6.07) is 12.5. The van der Waals surface area contributed by atoms with Gasteiger partial charge in [-0.3, -0.25) is 14.3 Å². The van der Waals surface area contributed by atoms with Crippen LogP contribution in [0.3, 0.4) is 0 Å². The number of aromatic nitrogens is 5. The summed E-state index contributed by atoms with van der Waals surface area (Å²) in [6.45, 7) is 0.333. The number of nitrogen functional groups attached to an aromatic ring is 1. The van der Waals surface area contributed by atoms with Crippen LogP contribution in [-0.2, 0) is 24.4 Å². The van der Waals surface area contributed by atoms with Gasteiger partial charge in [0.1, 0.15) is 12.1 Å². The van der Waals surface area contributed by atoms with Crippen molar-refractivity contribution < 1.29 is 14.6 Å². The predicted octanol–water partition coefficient (Wildman–Crippen LogP) is 1.35. The zero-order valence-electron chi connectivity index (χ0n) is 15.8. The lowest BCUT2D eigenvalue weighted by Crippen LogP contribution is -2.18. The number of fused-ring (bicyclic) bond motifs is 1. The third kappa shape index (κ3) is 4.12. The first-order valence-corrected chi connectivity index (χ1v) is 9.08. The molecule has 0 aliphatic heterocycles. The van der Waals surface area contributed by atoms with Gasteiger partial charge in [0.25, 0.3) is 0 Å². The Morgan fingerprint density at radius 1 is 1.17 bits per heavy atom. The first-order valence-electron chi connectivity index (χ1n) is 9.08. The number of aromatic amines is 1. The number of nitrogens with zero attached hydrogens (tertiary/aromatic N) is 4. The highest BCUT2D eigenvalue weighted by molar-refractivity contribution is 5.82. The lowest BCUT2D eigenvalue weighted by atomic mass is 10.1. The van der Waals surface area contributed by atoms with Crippen molar-refractivity contribution in [2.45, 2.75) is 19.6 Å². The Morgan fingerprint density at radius 2 is 2.00 bits per heavy atom. The highest BCUT2D eigenvalue weighted by Crippen LogP contribution is 2.19. The fourth-order valence-electron chi connectivity index (χ4n) is 3.06. The number of nitrogens with one attached hydrogen (secondary N) is 1. The second-order valence-electron chi connectivity index (χ2n) is 6.61. The van der Waals surface area contributed by atoms with E-state index in [1.165, 1.54) is 4.57 Å². The topological polar surface area (TPSA) is 149 Å². The van der Waals surface area contributed by atoms with Crippen LogP contribution in [0.2, 0.25) is 0 Å². The van der Waals surface area contributed by atoms with E-state index in [0.717, 1.165) is 5.56 Å². The fourth-order valence-corrected chi connectivity index (χ4v) is 3.06. The highest BCUT2D eigenvalue weighted by atomic mass is 16.5. The molecule has 4 rings (SSSR count). The summed E-state index contributed by atoms with van der Waals surface area (Å²) < 4.78 is 7.00. The largest absolute Gasteiger partial charge is 0.481 e. The maximum absolute atomic E-state index is 12.5. The molecule has 1 aromatic carbocycles. The summed E-state index contributed by atoms with van der Waals surface area (Å²) in [5.41, 5.74) is 8.28. The van der Waals surface area contributed by atoms with Crippen molar-refractivity contribution in [1.29, 1.82) is 0 Å². The number of hydrogen-bond acceptors (Lipinski definition) is 7. The molecule has 0 aliphatic rings. The molecular weight excluding hydrogens is 388 g/mol. The molecule has 10 nitrogen and oxygen atoms in total. The summed E-state index contributed by atoms with van der Waals surface area (Å²) in [6.07, 6.45) is 1.55. The maximum atomic E-state index is 12.5. The number of rotatable bonds is 7. The number of benzene rings is 1. The molecule has 30 heavy (non-hydrogen) atoms. The highest BCUT2D eigenvalue weighted by Gasteiger charge is 2.15. The standard InChI is InChI=1S/C20H18N6O4/c21-17-16-18(25-19(24-17)30-11-14-6-1-2-7-22-14)26(20(29)23-16)10-13-5-3-4-12(8-13)9-15(27)28/h1-8H,9-11H2,(H,23,29)(H,27,28)(H2,21,24,25). The second kappa shape index (κ2) is 8.03. The average Bonchev–Trinajstić information content (AvgIpc) is 3.03. The number of ether oxygens (including phenoxy) is 1. The van der Waals surface area contributed by atoms with Gasteiger partial charge in [0, 0.05) is 6.20 Å². The zero-order chi connectivity index (χ0) is 21.1. The van der Waals surface area contributed by atoms with Gasteiger partial charge in [-0.15, -0.1) is 0 Å². The lowest BCUT2D eigenvalue weighted by Gasteiger charge is -2.08. The monoisotopic (exact) mass is 406 g/mol. The number of aliphatic carboxylic acids is 1. The normalized spacial score (nSPS) is 10.9. The van der Waals surface area contributed by atoms with Gasteiger partial charge in [0.15, 0.2) is 11.5 Å². The summed E-state index contributed by atoms with van der Waals surface area (Å²) >= 11 is 0. The number of carboxylic acid groups (broad SMARTS) is 1. The van der Waals surface area contributed by atoms with Crippen LogP contribution in [0, 0.1) is 0 Å². The van der Waals surface area contributed by atoms with E-state index in [2.05, 4.69) is 19.9 Å². The summed E-state index contributed by atoms with van der Waals surface area (Å²) in [4.78, 5) is 38.7. The molecule has 0 spiro atoms. The average molecular weight is 406 g/mol. The molecule has 10 heteroatoms. The molecule has 3 aromatic heterocycles. The van der Waals surface area contributed by atoms with Crippen LogP contribution in [0.1, 0.15) is 16.8 Å².